The van der Waals surface area contributed by atoms with Gasteiger partial charge in [-0.1, -0.05) is 12.1 Å². The fraction of sp³-hybridized carbons (Fsp3) is 0.652. The van der Waals surface area contributed by atoms with Crippen molar-refractivity contribution in [3.63, 3.8) is 0 Å². The molecule has 30 heavy (non-hydrogen) atoms. The average molecular weight is 431 g/mol. The third-order valence-corrected chi connectivity index (χ3v) is 6.83. The van der Waals surface area contributed by atoms with Crippen molar-refractivity contribution in [2.45, 2.75) is 51.2 Å². The highest BCUT2D eigenvalue weighted by Crippen LogP contribution is 2.23. The number of imidazole rings is 1. The Kier molecular flexibility index (Phi) is 7.01. The van der Waals surface area contributed by atoms with E-state index in [1.54, 1.807) is 11.8 Å². The number of ether oxygens (including phenoxy) is 1. The number of piperidine rings is 1. The Morgan fingerprint density at radius 2 is 1.87 bits per heavy atom. The number of benzene rings is 1. The number of para-hydroxylation sites is 2. The van der Waals surface area contributed by atoms with E-state index < -0.39 is 0 Å². The Morgan fingerprint density at radius 3 is 2.57 bits per heavy atom. The van der Waals surface area contributed by atoms with Gasteiger partial charge in [0.05, 0.1) is 29.0 Å². The molecular formula is C23H34N4O2S. The number of rotatable bonds is 6. The Morgan fingerprint density at radius 1 is 1.17 bits per heavy atom. The third-order valence-electron chi connectivity index (χ3n) is 6.28. The van der Waals surface area contributed by atoms with E-state index >= 15 is 0 Å². The van der Waals surface area contributed by atoms with Crippen molar-refractivity contribution < 1.29 is 9.53 Å². The lowest BCUT2D eigenvalue weighted by molar-refractivity contribution is -0.133. The highest BCUT2D eigenvalue weighted by Gasteiger charge is 2.28. The van der Waals surface area contributed by atoms with Crippen molar-refractivity contribution in [3.8, 4) is 0 Å². The lowest BCUT2D eigenvalue weighted by Crippen LogP contribution is -2.49. The van der Waals surface area contributed by atoms with Gasteiger partial charge < -0.3 is 14.2 Å². The van der Waals surface area contributed by atoms with Crippen molar-refractivity contribution in [2.24, 2.45) is 5.92 Å². The highest BCUT2D eigenvalue weighted by atomic mass is 32.2. The van der Waals surface area contributed by atoms with Crippen LogP contribution in [0, 0.1) is 5.92 Å². The summed E-state index contributed by atoms with van der Waals surface area (Å²) in [6.07, 6.45) is 4.89. The average Bonchev–Trinajstić information content (AvgIpc) is 3.05. The van der Waals surface area contributed by atoms with E-state index in [2.05, 4.69) is 40.5 Å². The summed E-state index contributed by atoms with van der Waals surface area (Å²) >= 11 is 1.74. The van der Waals surface area contributed by atoms with Gasteiger partial charge >= 0.3 is 0 Å². The Balaban J connectivity index is 1.34. The van der Waals surface area contributed by atoms with Gasteiger partial charge in [-0.25, -0.2) is 4.98 Å². The number of fused-ring (bicyclic) bond motifs is 1. The first-order valence-electron chi connectivity index (χ1n) is 11.1. The van der Waals surface area contributed by atoms with Crippen LogP contribution in [0.15, 0.2) is 24.3 Å². The maximum atomic E-state index is 13.1. The number of aromatic nitrogens is 2. The van der Waals surface area contributed by atoms with E-state index in [-0.39, 0.29) is 5.91 Å². The van der Waals surface area contributed by atoms with Crippen LogP contribution in [-0.4, -0.2) is 76.4 Å². The lowest BCUT2D eigenvalue weighted by Gasteiger charge is -2.39. The minimum Gasteiger partial charge on any atom is -0.373 e. The highest BCUT2D eigenvalue weighted by molar-refractivity contribution is 7.97. The van der Waals surface area contributed by atoms with Gasteiger partial charge in [0.25, 0.3) is 0 Å². The molecule has 164 valence electrons. The van der Waals surface area contributed by atoms with Gasteiger partial charge in [-0.05, 0) is 51.0 Å². The first-order valence-corrected chi connectivity index (χ1v) is 12.5. The monoisotopic (exact) mass is 430 g/mol. The molecule has 7 heteroatoms. The normalized spacial score (nSPS) is 23.9. The Labute approximate surface area is 183 Å². The predicted octanol–water partition coefficient (Wildman–Crippen LogP) is 3.25. The van der Waals surface area contributed by atoms with E-state index in [1.807, 2.05) is 18.2 Å². The van der Waals surface area contributed by atoms with Crippen LogP contribution in [0.3, 0.4) is 0 Å². The van der Waals surface area contributed by atoms with Crippen molar-refractivity contribution in [3.05, 3.63) is 30.1 Å². The topological polar surface area (TPSA) is 50.6 Å². The second kappa shape index (κ2) is 9.71. The molecule has 3 heterocycles. The molecule has 1 aromatic heterocycles. The summed E-state index contributed by atoms with van der Waals surface area (Å²) in [5.74, 6) is 2.70. The van der Waals surface area contributed by atoms with Crippen molar-refractivity contribution >= 4 is 28.7 Å². The number of carbonyl (C=O) groups is 1. The number of hydrogen-bond acceptors (Lipinski definition) is 5. The van der Waals surface area contributed by atoms with E-state index in [4.69, 9.17) is 9.72 Å². The number of morpholine rings is 1. The van der Waals surface area contributed by atoms with Crippen LogP contribution in [0.5, 0.6) is 0 Å². The number of nitrogens with zero attached hydrogens (tertiary/aromatic N) is 4. The van der Waals surface area contributed by atoms with Crippen molar-refractivity contribution in [2.75, 3.05) is 39.0 Å². The van der Waals surface area contributed by atoms with Gasteiger partial charge in [-0.2, -0.15) is 11.8 Å². The predicted molar refractivity (Wildman–Crippen MR) is 123 cm³/mol. The Bertz CT molecular complexity index is 852. The number of thioether (sulfide) groups is 1. The molecule has 2 saturated heterocycles. The van der Waals surface area contributed by atoms with E-state index in [9.17, 15) is 4.79 Å². The molecule has 2 unspecified atom stereocenters. The van der Waals surface area contributed by atoms with E-state index in [0.29, 0.717) is 24.7 Å². The molecule has 6 nitrogen and oxygen atoms in total. The molecule has 1 aromatic carbocycles. The molecule has 2 aromatic rings. The summed E-state index contributed by atoms with van der Waals surface area (Å²) in [5, 5.41) is 0. The number of carbonyl (C=O) groups excluding carboxylic acids is 1. The molecule has 1 amide bonds. The molecule has 0 radical (unpaired) electrons. The van der Waals surface area contributed by atoms with Crippen molar-refractivity contribution in [1.82, 2.24) is 19.4 Å². The van der Waals surface area contributed by atoms with E-state index in [1.165, 1.54) is 0 Å². The first-order chi connectivity index (χ1) is 14.5. The van der Waals surface area contributed by atoms with Gasteiger partial charge in [-0.3, -0.25) is 9.69 Å². The summed E-state index contributed by atoms with van der Waals surface area (Å²) in [6.45, 7) is 9.62. The van der Waals surface area contributed by atoms with Crippen molar-refractivity contribution in [1.29, 1.82) is 0 Å². The standard InChI is InChI=1S/C23H34N4O2S/c1-17-12-25(13-18(2)29-17)14-19-8-10-26(11-9-19)23(28)15-27-21-7-5-4-6-20(21)24-22(27)16-30-3/h4-7,17-19H,8-16H2,1-3H3. The fourth-order valence-electron chi connectivity index (χ4n) is 4.94. The lowest BCUT2D eigenvalue weighted by atomic mass is 9.95. The van der Waals surface area contributed by atoms with Crippen LogP contribution in [0.1, 0.15) is 32.5 Å². The zero-order valence-corrected chi connectivity index (χ0v) is 19.2. The molecule has 0 saturated carbocycles. The maximum absolute atomic E-state index is 13.1. The molecule has 0 aliphatic carbocycles. The van der Waals surface area contributed by atoms with Gasteiger partial charge in [0.2, 0.25) is 5.91 Å². The van der Waals surface area contributed by atoms with Gasteiger partial charge in [0.1, 0.15) is 12.4 Å². The van der Waals surface area contributed by atoms with Crippen LogP contribution in [0.4, 0.5) is 0 Å². The SMILES string of the molecule is CSCc1nc2ccccc2n1CC(=O)N1CCC(CN2CC(C)OC(C)C2)CC1. The van der Waals surface area contributed by atoms with Crippen LogP contribution in [0.25, 0.3) is 11.0 Å². The minimum absolute atomic E-state index is 0.215. The number of likely N-dealkylation sites (tertiary alicyclic amines) is 1. The number of amides is 1. The second-order valence-corrected chi connectivity index (χ2v) is 9.70. The second-order valence-electron chi connectivity index (χ2n) is 8.84. The summed E-state index contributed by atoms with van der Waals surface area (Å²) in [7, 11) is 0. The summed E-state index contributed by atoms with van der Waals surface area (Å²) in [6, 6.07) is 8.12. The Hall–Kier alpha value is -1.57. The van der Waals surface area contributed by atoms with Gasteiger partial charge in [0, 0.05) is 32.7 Å². The van der Waals surface area contributed by atoms with Crippen LogP contribution < -0.4 is 0 Å². The zero-order valence-electron chi connectivity index (χ0n) is 18.4. The van der Waals surface area contributed by atoms with E-state index in [0.717, 1.165) is 68.2 Å². The van der Waals surface area contributed by atoms with Crippen LogP contribution in [-0.2, 0) is 21.8 Å². The molecule has 0 N–H and O–H groups in total. The molecule has 2 atom stereocenters. The molecule has 2 aliphatic rings. The first kappa shape index (κ1) is 21.7. The third kappa shape index (κ3) is 5.01. The number of hydrogen-bond donors (Lipinski definition) is 0. The molecular weight excluding hydrogens is 396 g/mol. The minimum atomic E-state index is 0.215. The summed E-state index contributed by atoms with van der Waals surface area (Å²) < 4.78 is 7.97. The zero-order chi connectivity index (χ0) is 21.1. The smallest absolute Gasteiger partial charge is 0.242 e. The summed E-state index contributed by atoms with van der Waals surface area (Å²) in [5.41, 5.74) is 2.03. The van der Waals surface area contributed by atoms with Gasteiger partial charge in [-0.15, -0.1) is 0 Å². The van der Waals surface area contributed by atoms with Gasteiger partial charge in [0.15, 0.2) is 0 Å². The maximum Gasteiger partial charge on any atom is 0.242 e. The fourth-order valence-corrected chi connectivity index (χ4v) is 5.42. The molecule has 2 fully saturated rings. The molecule has 0 bridgehead atoms. The molecule has 4 rings (SSSR count). The quantitative estimate of drug-likeness (QED) is 0.704. The van der Waals surface area contributed by atoms with Crippen LogP contribution >= 0.6 is 11.8 Å². The van der Waals surface area contributed by atoms with Crippen LogP contribution in [0.2, 0.25) is 0 Å². The largest absolute Gasteiger partial charge is 0.373 e. The summed E-state index contributed by atoms with van der Waals surface area (Å²) in [4.78, 5) is 22.4. The molecule has 2 aliphatic heterocycles. The molecule has 0 spiro atoms.